The number of piperidine rings is 1. The molecule has 1 aliphatic heterocycles. The van der Waals surface area contributed by atoms with Crippen molar-refractivity contribution in [3.05, 3.63) is 57.2 Å². The summed E-state index contributed by atoms with van der Waals surface area (Å²) >= 11 is 2.78. The summed E-state index contributed by atoms with van der Waals surface area (Å²) < 4.78 is 21.1. The van der Waals surface area contributed by atoms with E-state index in [0.717, 1.165) is 16.4 Å². The average Bonchev–Trinajstić information content (AvgIpc) is 3.15. The Morgan fingerprint density at radius 2 is 2.14 bits per heavy atom. The van der Waals surface area contributed by atoms with E-state index in [0.29, 0.717) is 52.6 Å². The lowest BCUT2D eigenvalue weighted by Crippen LogP contribution is -2.46. The molecule has 1 N–H and O–H groups in total. The summed E-state index contributed by atoms with van der Waals surface area (Å²) in [5, 5.41) is 5.46. The van der Waals surface area contributed by atoms with Gasteiger partial charge in [0.2, 0.25) is 5.88 Å². The fourth-order valence-corrected chi connectivity index (χ4v) is 6.56. The molecule has 2 aliphatic rings. The normalized spacial score (nSPS) is 20.8. The van der Waals surface area contributed by atoms with Gasteiger partial charge in [-0.2, -0.15) is 0 Å². The van der Waals surface area contributed by atoms with Crippen molar-refractivity contribution in [2.24, 2.45) is 11.8 Å². The smallest absolute Gasteiger partial charge is 0.391 e. The average molecular weight is 512 g/mol. The van der Waals surface area contributed by atoms with E-state index in [9.17, 15) is 14.0 Å². The van der Waals surface area contributed by atoms with E-state index in [1.807, 2.05) is 23.4 Å². The summed E-state index contributed by atoms with van der Waals surface area (Å²) in [6.45, 7) is 4.57. The van der Waals surface area contributed by atoms with Crippen LogP contribution in [0, 0.1) is 31.5 Å². The van der Waals surface area contributed by atoms with Crippen molar-refractivity contribution in [1.29, 1.82) is 0 Å². The molecule has 8 nitrogen and oxygen atoms in total. The van der Waals surface area contributed by atoms with Crippen molar-refractivity contribution in [3.63, 3.8) is 0 Å². The zero-order valence-corrected chi connectivity index (χ0v) is 20.7. The molecular formula is C24H22FN5O3S2. The Bertz CT molecular complexity index is 1460. The van der Waals surface area contributed by atoms with E-state index < -0.39 is 6.09 Å². The third-order valence-electron chi connectivity index (χ3n) is 6.62. The third-order valence-corrected chi connectivity index (χ3v) is 8.33. The van der Waals surface area contributed by atoms with Crippen LogP contribution in [0.4, 0.5) is 9.18 Å². The topological polar surface area (TPSA) is 88.8 Å². The van der Waals surface area contributed by atoms with Crippen LogP contribution in [0.15, 0.2) is 35.8 Å². The Hall–Kier alpha value is -3.31. The van der Waals surface area contributed by atoms with Crippen molar-refractivity contribution in [2.75, 3.05) is 13.1 Å². The Morgan fingerprint density at radius 3 is 2.97 bits per heavy atom. The number of benzene rings is 1. The lowest BCUT2D eigenvalue weighted by Gasteiger charge is -2.27. The molecule has 2 fully saturated rings. The third kappa shape index (κ3) is 3.98. The molecule has 0 bridgehead atoms. The number of halogens is 1. The number of likely N-dealkylation sites (tertiary alicyclic amines) is 1. The van der Waals surface area contributed by atoms with E-state index in [-0.39, 0.29) is 17.8 Å². The van der Waals surface area contributed by atoms with Gasteiger partial charge >= 0.3 is 6.09 Å². The first kappa shape index (κ1) is 22.2. The summed E-state index contributed by atoms with van der Waals surface area (Å²) in [6.07, 6.45) is 2.27. The molecular weight excluding hydrogens is 489 g/mol. The molecule has 1 aliphatic carbocycles. The highest BCUT2D eigenvalue weighted by Crippen LogP contribution is 2.50. The molecule has 11 heteroatoms. The van der Waals surface area contributed by atoms with Gasteiger partial charge in [0.25, 0.3) is 5.91 Å². The van der Waals surface area contributed by atoms with Gasteiger partial charge in [0, 0.05) is 30.2 Å². The van der Waals surface area contributed by atoms with Crippen molar-refractivity contribution in [1.82, 2.24) is 24.6 Å². The van der Waals surface area contributed by atoms with Crippen molar-refractivity contribution < 1.29 is 18.7 Å². The Labute approximate surface area is 208 Å². The van der Waals surface area contributed by atoms with Gasteiger partial charge in [0.05, 0.1) is 16.7 Å². The van der Waals surface area contributed by atoms with Crippen molar-refractivity contribution in [3.8, 4) is 17.1 Å². The number of nitrogens with one attached hydrogen (secondary N) is 1. The number of hydrogen-bond donors (Lipinski definition) is 1. The van der Waals surface area contributed by atoms with Gasteiger partial charge in [-0.05, 0) is 44.2 Å². The minimum absolute atomic E-state index is 0.129. The van der Waals surface area contributed by atoms with Crippen molar-refractivity contribution in [2.45, 2.75) is 26.3 Å². The molecule has 180 valence electrons. The van der Waals surface area contributed by atoms with Crippen LogP contribution >= 0.6 is 22.7 Å². The SMILES string of the molecule is Cc1nc(-c2cccc(F)c2)c(C(=O)N2C[C@@H]3C[C@@H]3[C@H]2CNC(=O)Oc2c(C)nc3sccn23)s1. The van der Waals surface area contributed by atoms with Crippen LogP contribution in [0.1, 0.15) is 26.8 Å². The minimum Gasteiger partial charge on any atom is -0.391 e. The van der Waals surface area contributed by atoms with Crippen molar-refractivity contribution >= 4 is 39.6 Å². The first-order chi connectivity index (χ1) is 16.9. The van der Waals surface area contributed by atoms with Crippen LogP contribution in [-0.2, 0) is 0 Å². The molecule has 4 aromatic rings. The molecule has 4 heterocycles. The van der Waals surface area contributed by atoms with E-state index >= 15 is 0 Å². The van der Waals surface area contributed by atoms with Crippen LogP contribution in [0.2, 0.25) is 0 Å². The lowest BCUT2D eigenvalue weighted by atomic mass is 10.1. The quantitative estimate of drug-likeness (QED) is 0.426. The Balaban J connectivity index is 1.18. The number of imidazole rings is 1. The number of fused-ring (bicyclic) bond motifs is 2. The lowest BCUT2D eigenvalue weighted by molar-refractivity contribution is 0.0710. The number of amides is 2. The van der Waals surface area contributed by atoms with Gasteiger partial charge in [-0.25, -0.2) is 19.2 Å². The zero-order chi connectivity index (χ0) is 24.3. The Morgan fingerprint density at radius 1 is 1.29 bits per heavy atom. The number of aromatic nitrogens is 3. The maximum Gasteiger partial charge on any atom is 0.414 e. The molecule has 0 unspecified atom stereocenters. The number of ether oxygens (including phenoxy) is 1. The van der Waals surface area contributed by atoms with Crippen LogP contribution in [0.25, 0.3) is 16.2 Å². The molecule has 6 rings (SSSR count). The van der Waals surface area contributed by atoms with E-state index in [2.05, 4.69) is 15.3 Å². The number of carbonyl (C=O) groups excluding carboxylic acids is 2. The predicted molar refractivity (Wildman–Crippen MR) is 130 cm³/mol. The zero-order valence-electron chi connectivity index (χ0n) is 19.0. The number of nitrogens with zero attached hydrogens (tertiary/aromatic N) is 4. The predicted octanol–water partition coefficient (Wildman–Crippen LogP) is 4.52. The van der Waals surface area contributed by atoms with Crippen LogP contribution in [0.5, 0.6) is 5.88 Å². The van der Waals surface area contributed by atoms with Gasteiger partial charge in [-0.15, -0.1) is 22.7 Å². The molecule has 3 aromatic heterocycles. The summed E-state index contributed by atoms with van der Waals surface area (Å²) in [5.41, 5.74) is 1.72. The van der Waals surface area contributed by atoms with Gasteiger partial charge in [-0.3, -0.25) is 9.20 Å². The summed E-state index contributed by atoms with van der Waals surface area (Å²) in [5.74, 6) is 0.681. The number of rotatable bonds is 5. The van der Waals surface area contributed by atoms with Crippen LogP contribution < -0.4 is 10.1 Å². The van der Waals surface area contributed by atoms with Gasteiger partial charge < -0.3 is 15.0 Å². The van der Waals surface area contributed by atoms with E-state index in [4.69, 9.17) is 4.74 Å². The highest BCUT2D eigenvalue weighted by molar-refractivity contribution is 7.15. The van der Waals surface area contributed by atoms with E-state index in [1.165, 1.54) is 34.8 Å². The van der Waals surface area contributed by atoms with Gasteiger partial charge in [-0.1, -0.05) is 12.1 Å². The second-order valence-corrected chi connectivity index (χ2v) is 11.0. The molecule has 35 heavy (non-hydrogen) atoms. The number of aryl methyl sites for hydroxylation is 2. The second-order valence-electron chi connectivity index (χ2n) is 8.93. The summed E-state index contributed by atoms with van der Waals surface area (Å²) in [6, 6.07) is 6.01. The maximum absolute atomic E-state index is 13.8. The standard InChI is InChI=1S/C24H22FN5O3S2/c1-12-22(29-6-7-34-23(29)27-12)33-24(32)26-10-18-17-9-15(17)11-30(18)21(31)20-19(28-13(2)35-20)14-4-3-5-16(25)8-14/h3-8,15,17-18H,9-11H2,1-2H3,(H,26,32)/t15-,17-,18+/m0/s1. The highest BCUT2D eigenvalue weighted by Gasteiger charge is 2.54. The maximum atomic E-state index is 13.8. The second kappa shape index (κ2) is 8.42. The molecule has 1 saturated carbocycles. The number of hydrogen-bond acceptors (Lipinski definition) is 7. The fourth-order valence-electron chi connectivity index (χ4n) is 4.91. The van der Waals surface area contributed by atoms with Crippen LogP contribution in [-0.4, -0.2) is 50.4 Å². The summed E-state index contributed by atoms with van der Waals surface area (Å²) in [7, 11) is 0. The fraction of sp³-hybridized carbons (Fsp3) is 0.333. The Kier molecular flexibility index (Phi) is 5.33. The number of thiazole rings is 2. The number of carbonyl (C=O) groups is 2. The summed E-state index contributed by atoms with van der Waals surface area (Å²) in [4.78, 5) is 38.2. The molecule has 0 radical (unpaired) electrons. The molecule has 1 aromatic carbocycles. The van der Waals surface area contributed by atoms with Crippen LogP contribution in [0.3, 0.4) is 0 Å². The van der Waals surface area contributed by atoms with Gasteiger partial charge in [0.15, 0.2) is 4.96 Å². The molecule has 1 saturated heterocycles. The largest absolute Gasteiger partial charge is 0.414 e. The monoisotopic (exact) mass is 511 g/mol. The molecule has 0 spiro atoms. The minimum atomic E-state index is -0.577. The molecule has 2 amide bonds. The van der Waals surface area contributed by atoms with Gasteiger partial charge in [0.1, 0.15) is 16.4 Å². The highest BCUT2D eigenvalue weighted by atomic mass is 32.1. The first-order valence-corrected chi connectivity index (χ1v) is 13.0. The van der Waals surface area contributed by atoms with E-state index in [1.54, 1.807) is 23.5 Å². The first-order valence-electron chi connectivity index (χ1n) is 11.3. The molecule has 3 atom stereocenters.